The van der Waals surface area contributed by atoms with Gasteiger partial charge in [-0.3, -0.25) is 0 Å². The first-order chi connectivity index (χ1) is 8.61. The van der Waals surface area contributed by atoms with Crippen molar-refractivity contribution in [3.05, 3.63) is 58.8 Å². The molecule has 3 heteroatoms. The summed E-state index contributed by atoms with van der Waals surface area (Å²) in [6, 6.07) is 6.41. The smallest absolute Gasteiger partial charge is 0.123 e. The van der Waals surface area contributed by atoms with Crippen LogP contribution in [0.4, 0.5) is 4.39 Å². The summed E-state index contributed by atoms with van der Waals surface area (Å²) in [6.45, 7) is 3.89. The Morgan fingerprint density at radius 2 is 2.11 bits per heavy atom. The Morgan fingerprint density at radius 1 is 1.33 bits per heavy atom. The third-order valence-corrected chi connectivity index (χ3v) is 3.18. The molecule has 0 aliphatic heterocycles. The molecular weight excluding hydrogens is 231 g/mol. The molecule has 0 amide bonds. The van der Waals surface area contributed by atoms with Gasteiger partial charge in [-0.15, -0.1) is 0 Å². The van der Waals surface area contributed by atoms with Crippen molar-refractivity contribution in [1.29, 1.82) is 0 Å². The Balaban J connectivity index is 2.21. The van der Waals surface area contributed by atoms with Crippen LogP contribution in [0.25, 0.3) is 0 Å². The minimum Gasteiger partial charge on any atom is -0.469 e. The number of benzene rings is 1. The summed E-state index contributed by atoms with van der Waals surface area (Å²) in [6.07, 6.45) is 2.06. The van der Waals surface area contributed by atoms with Crippen LogP contribution in [0, 0.1) is 12.7 Å². The molecule has 96 valence electrons. The van der Waals surface area contributed by atoms with Gasteiger partial charge in [0.05, 0.1) is 12.4 Å². The summed E-state index contributed by atoms with van der Waals surface area (Å²) in [5, 5.41) is 10.2. The van der Waals surface area contributed by atoms with Crippen LogP contribution in [0.5, 0.6) is 0 Å². The van der Waals surface area contributed by atoms with Crippen molar-refractivity contribution < 1.29 is 13.9 Å². The first-order valence-electron chi connectivity index (χ1n) is 6.11. The maximum Gasteiger partial charge on any atom is 0.123 e. The molecule has 1 N–H and O–H groups in total. The fourth-order valence-electron chi connectivity index (χ4n) is 2.11. The van der Waals surface area contributed by atoms with Gasteiger partial charge >= 0.3 is 0 Å². The molecule has 1 aromatic heterocycles. The van der Waals surface area contributed by atoms with Crippen molar-refractivity contribution in [2.75, 3.05) is 0 Å². The molecule has 2 aromatic rings. The highest BCUT2D eigenvalue weighted by Gasteiger charge is 2.16. The van der Waals surface area contributed by atoms with Gasteiger partial charge in [-0.05, 0) is 36.2 Å². The van der Waals surface area contributed by atoms with Crippen LogP contribution in [0.2, 0.25) is 0 Å². The van der Waals surface area contributed by atoms with E-state index in [1.54, 1.807) is 18.4 Å². The minimum absolute atomic E-state index is 0.272. The summed E-state index contributed by atoms with van der Waals surface area (Å²) < 4.78 is 18.5. The Hall–Kier alpha value is -1.61. The van der Waals surface area contributed by atoms with Gasteiger partial charge in [-0.25, -0.2) is 4.39 Å². The third-order valence-electron chi connectivity index (χ3n) is 3.18. The highest BCUT2D eigenvalue weighted by molar-refractivity contribution is 5.29. The van der Waals surface area contributed by atoms with E-state index < -0.39 is 6.10 Å². The lowest BCUT2D eigenvalue weighted by molar-refractivity contribution is 0.175. The van der Waals surface area contributed by atoms with Crippen LogP contribution in [-0.2, 0) is 12.8 Å². The summed E-state index contributed by atoms with van der Waals surface area (Å²) in [5.41, 5.74) is 2.60. The average Bonchev–Trinajstić information content (AvgIpc) is 2.82. The van der Waals surface area contributed by atoms with Crippen LogP contribution in [0.15, 0.2) is 34.9 Å². The molecule has 1 unspecified atom stereocenters. The zero-order chi connectivity index (χ0) is 13.1. The predicted octanol–water partition coefficient (Wildman–Crippen LogP) is 3.57. The van der Waals surface area contributed by atoms with E-state index in [9.17, 15) is 9.50 Å². The fraction of sp³-hybridized carbons (Fsp3) is 0.333. The molecule has 0 aliphatic rings. The van der Waals surface area contributed by atoms with E-state index in [2.05, 4.69) is 0 Å². The van der Waals surface area contributed by atoms with Gasteiger partial charge in [0.25, 0.3) is 0 Å². The van der Waals surface area contributed by atoms with Crippen LogP contribution in [0.1, 0.15) is 35.5 Å². The molecule has 0 radical (unpaired) electrons. The Kier molecular flexibility index (Phi) is 3.82. The van der Waals surface area contributed by atoms with E-state index in [0.29, 0.717) is 6.42 Å². The van der Waals surface area contributed by atoms with Crippen molar-refractivity contribution in [2.24, 2.45) is 0 Å². The van der Waals surface area contributed by atoms with Gasteiger partial charge in [-0.2, -0.15) is 0 Å². The third kappa shape index (κ3) is 2.62. The standard InChI is InChI=1S/C15H17FO2/c1-3-15-13(6-7-18-15)14(17)9-11-8-12(16)5-4-10(11)2/h4-8,14,17H,3,9H2,1-2H3. The SMILES string of the molecule is CCc1occc1C(O)Cc1cc(F)ccc1C. The molecule has 18 heavy (non-hydrogen) atoms. The topological polar surface area (TPSA) is 33.4 Å². The molecule has 0 saturated carbocycles. The highest BCUT2D eigenvalue weighted by atomic mass is 19.1. The number of aliphatic hydroxyl groups is 1. The van der Waals surface area contributed by atoms with Crippen LogP contribution < -0.4 is 0 Å². The quantitative estimate of drug-likeness (QED) is 0.897. The maximum absolute atomic E-state index is 13.2. The first kappa shape index (κ1) is 12.8. The lowest BCUT2D eigenvalue weighted by Crippen LogP contribution is -2.04. The van der Waals surface area contributed by atoms with Gasteiger partial charge in [0.15, 0.2) is 0 Å². The second-order valence-corrected chi connectivity index (χ2v) is 4.44. The molecule has 1 atom stereocenters. The summed E-state index contributed by atoms with van der Waals surface area (Å²) in [5.74, 6) is 0.516. The Morgan fingerprint density at radius 3 is 2.83 bits per heavy atom. The van der Waals surface area contributed by atoms with Crippen molar-refractivity contribution >= 4 is 0 Å². The minimum atomic E-state index is -0.654. The molecule has 2 nitrogen and oxygen atoms in total. The van der Waals surface area contributed by atoms with E-state index in [4.69, 9.17) is 4.42 Å². The molecule has 0 spiro atoms. The zero-order valence-corrected chi connectivity index (χ0v) is 10.6. The number of aryl methyl sites for hydroxylation is 2. The van der Waals surface area contributed by atoms with E-state index in [1.807, 2.05) is 13.8 Å². The van der Waals surface area contributed by atoms with Crippen molar-refractivity contribution in [3.8, 4) is 0 Å². The molecule has 2 rings (SSSR count). The van der Waals surface area contributed by atoms with Gasteiger partial charge in [0, 0.05) is 18.4 Å². The average molecular weight is 248 g/mol. The molecule has 0 aliphatic carbocycles. The van der Waals surface area contributed by atoms with Crippen molar-refractivity contribution in [2.45, 2.75) is 32.8 Å². The lowest BCUT2D eigenvalue weighted by Gasteiger charge is -2.12. The van der Waals surface area contributed by atoms with Crippen molar-refractivity contribution in [1.82, 2.24) is 0 Å². The first-order valence-corrected chi connectivity index (χ1v) is 6.11. The summed E-state index contributed by atoms with van der Waals surface area (Å²) in [4.78, 5) is 0. The Bertz CT molecular complexity index is 531. The van der Waals surface area contributed by atoms with Crippen molar-refractivity contribution in [3.63, 3.8) is 0 Å². The normalized spacial score (nSPS) is 12.7. The van der Waals surface area contributed by atoms with Crippen LogP contribution >= 0.6 is 0 Å². The second-order valence-electron chi connectivity index (χ2n) is 4.44. The van der Waals surface area contributed by atoms with Crippen LogP contribution in [0.3, 0.4) is 0 Å². The monoisotopic (exact) mass is 248 g/mol. The highest BCUT2D eigenvalue weighted by Crippen LogP contribution is 2.25. The van der Waals surface area contributed by atoms with Gasteiger partial charge in [-0.1, -0.05) is 13.0 Å². The summed E-state index contributed by atoms with van der Waals surface area (Å²) >= 11 is 0. The second kappa shape index (κ2) is 5.36. The van der Waals surface area contributed by atoms with E-state index in [1.165, 1.54) is 12.1 Å². The van der Waals surface area contributed by atoms with E-state index in [-0.39, 0.29) is 5.82 Å². The van der Waals surface area contributed by atoms with E-state index >= 15 is 0 Å². The van der Waals surface area contributed by atoms with Crippen LogP contribution in [-0.4, -0.2) is 5.11 Å². The van der Waals surface area contributed by atoms with Gasteiger partial charge in [0.2, 0.25) is 0 Å². The summed E-state index contributed by atoms with van der Waals surface area (Å²) in [7, 11) is 0. The lowest BCUT2D eigenvalue weighted by atomic mass is 9.98. The molecule has 0 bridgehead atoms. The fourth-order valence-corrected chi connectivity index (χ4v) is 2.11. The number of halogens is 1. The maximum atomic E-state index is 13.2. The molecule has 0 fully saturated rings. The molecular formula is C15H17FO2. The predicted molar refractivity (Wildman–Crippen MR) is 67.9 cm³/mol. The molecule has 0 saturated heterocycles. The largest absolute Gasteiger partial charge is 0.469 e. The molecule has 1 aromatic carbocycles. The van der Waals surface area contributed by atoms with Gasteiger partial charge < -0.3 is 9.52 Å². The molecule has 1 heterocycles. The Labute approximate surface area is 106 Å². The zero-order valence-electron chi connectivity index (χ0n) is 10.6. The van der Waals surface area contributed by atoms with Gasteiger partial charge in [0.1, 0.15) is 11.6 Å². The number of rotatable bonds is 4. The number of aliphatic hydroxyl groups excluding tert-OH is 1. The van der Waals surface area contributed by atoms with E-state index in [0.717, 1.165) is 28.9 Å². The number of hydrogen-bond acceptors (Lipinski definition) is 2. The number of hydrogen-bond donors (Lipinski definition) is 1. The number of furan rings is 1.